The predicted molar refractivity (Wildman–Crippen MR) is 122 cm³/mol. The van der Waals surface area contributed by atoms with Crippen LogP contribution in [0.1, 0.15) is 33.1 Å². The van der Waals surface area contributed by atoms with Crippen LogP contribution in [-0.2, 0) is 13.6 Å². The monoisotopic (exact) mass is 419 g/mol. The smallest absolute Gasteiger partial charge is 0.259 e. The van der Waals surface area contributed by atoms with E-state index < -0.39 is 0 Å². The molecule has 1 saturated heterocycles. The average molecular weight is 420 g/mol. The molecule has 5 rings (SSSR count). The number of benzene rings is 2. The molecule has 154 valence electrons. The first-order chi connectivity index (χ1) is 14.5. The number of fused-ring (bicyclic) bond motifs is 2. The molecule has 1 aliphatic heterocycles. The molecule has 0 aliphatic carbocycles. The standard InChI is InChI=1S/C24H25N3O2S/c1-26-12-16(18-8-7-17(29-2)11-20(18)26)14-27-10-9-15(13-27)22-19-5-3-4-6-21(19)30-23(22)24(25)28/h3-8,11-12,15H,9-10,13-14H2,1-2H3,(H2,25,28)/t15-/m0/s1. The number of aryl methyl sites for hydroxylation is 1. The van der Waals surface area contributed by atoms with Gasteiger partial charge >= 0.3 is 0 Å². The summed E-state index contributed by atoms with van der Waals surface area (Å²) in [6.07, 6.45) is 3.26. The van der Waals surface area contributed by atoms with Crippen molar-refractivity contribution in [1.29, 1.82) is 0 Å². The number of amides is 1. The summed E-state index contributed by atoms with van der Waals surface area (Å²) in [5.74, 6) is 0.895. The van der Waals surface area contributed by atoms with E-state index in [0.717, 1.165) is 46.9 Å². The van der Waals surface area contributed by atoms with E-state index >= 15 is 0 Å². The number of carbonyl (C=O) groups is 1. The topological polar surface area (TPSA) is 60.5 Å². The number of hydrogen-bond donors (Lipinski definition) is 1. The quantitative estimate of drug-likeness (QED) is 0.518. The number of hydrogen-bond acceptors (Lipinski definition) is 4. The zero-order valence-corrected chi connectivity index (χ0v) is 18.0. The van der Waals surface area contributed by atoms with E-state index in [1.54, 1.807) is 7.11 Å². The molecule has 0 saturated carbocycles. The van der Waals surface area contributed by atoms with Gasteiger partial charge in [0.15, 0.2) is 0 Å². The largest absolute Gasteiger partial charge is 0.497 e. The van der Waals surface area contributed by atoms with Gasteiger partial charge in [0.05, 0.1) is 17.5 Å². The lowest BCUT2D eigenvalue weighted by atomic mass is 9.95. The first-order valence-corrected chi connectivity index (χ1v) is 11.0. The summed E-state index contributed by atoms with van der Waals surface area (Å²) in [4.78, 5) is 15.3. The van der Waals surface area contributed by atoms with Gasteiger partial charge in [-0.05, 0) is 47.7 Å². The molecule has 1 fully saturated rings. The minimum Gasteiger partial charge on any atom is -0.497 e. The molecule has 4 aromatic rings. The summed E-state index contributed by atoms with van der Waals surface area (Å²) >= 11 is 1.52. The highest BCUT2D eigenvalue weighted by Crippen LogP contribution is 2.40. The van der Waals surface area contributed by atoms with Crippen molar-refractivity contribution in [2.75, 3.05) is 20.2 Å². The Morgan fingerprint density at radius 2 is 2.07 bits per heavy atom. The van der Waals surface area contributed by atoms with E-state index in [-0.39, 0.29) is 5.91 Å². The molecule has 6 heteroatoms. The fourth-order valence-corrected chi connectivity index (χ4v) is 5.95. The van der Waals surface area contributed by atoms with Gasteiger partial charge in [0.2, 0.25) is 0 Å². The Morgan fingerprint density at radius 1 is 1.23 bits per heavy atom. The Bertz CT molecular complexity index is 1260. The first-order valence-electron chi connectivity index (χ1n) is 10.2. The third kappa shape index (κ3) is 3.16. The van der Waals surface area contributed by atoms with E-state index in [1.165, 1.54) is 33.2 Å². The minimum absolute atomic E-state index is 0.312. The van der Waals surface area contributed by atoms with Crippen molar-refractivity contribution in [2.24, 2.45) is 12.8 Å². The number of nitrogens with two attached hydrogens (primary N) is 1. The molecular weight excluding hydrogens is 394 g/mol. The van der Waals surface area contributed by atoms with Crippen LogP contribution >= 0.6 is 11.3 Å². The van der Waals surface area contributed by atoms with Gasteiger partial charge in [-0.15, -0.1) is 11.3 Å². The van der Waals surface area contributed by atoms with Crippen LogP contribution < -0.4 is 10.5 Å². The van der Waals surface area contributed by atoms with Crippen molar-refractivity contribution in [2.45, 2.75) is 18.9 Å². The highest BCUT2D eigenvalue weighted by atomic mass is 32.1. The van der Waals surface area contributed by atoms with Gasteiger partial charge in [-0.25, -0.2) is 0 Å². The summed E-state index contributed by atoms with van der Waals surface area (Å²) in [5, 5.41) is 2.45. The van der Waals surface area contributed by atoms with Crippen LogP contribution in [0.5, 0.6) is 5.75 Å². The number of rotatable bonds is 5. The number of primary amides is 1. The van der Waals surface area contributed by atoms with Gasteiger partial charge in [0.25, 0.3) is 5.91 Å². The van der Waals surface area contributed by atoms with Gasteiger partial charge in [-0.2, -0.15) is 0 Å². The maximum atomic E-state index is 12.1. The molecule has 0 bridgehead atoms. The predicted octanol–water partition coefficient (Wildman–Crippen LogP) is 4.49. The zero-order valence-electron chi connectivity index (χ0n) is 17.2. The summed E-state index contributed by atoms with van der Waals surface area (Å²) < 4.78 is 8.69. The molecule has 2 aromatic heterocycles. The van der Waals surface area contributed by atoms with E-state index in [0.29, 0.717) is 5.92 Å². The van der Waals surface area contributed by atoms with E-state index in [4.69, 9.17) is 10.5 Å². The van der Waals surface area contributed by atoms with Crippen LogP contribution in [0.15, 0.2) is 48.7 Å². The van der Waals surface area contributed by atoms with Gasteiger partial charge in [0, 0.05) is 48.4 Å². The second kappa shape index (κ2) is 7.45. The lowest BCUT2D eigenvalue weighted by Crippen LogP contribution is -2.20. The third-order valence-electron chi connectivity index (χ3n) is 6.21. The van der Waals surface area contributed by atoms with Crippen molar-refractivity contribution in [3.8, 4) is 5.75 Å². The Balaban J connectivity index is 1.42. The third-order valence-corrected chi connectivity index (χ3v) is 7.41. The Labute approximate surface area is 179 Å². The van der Waals surface area contributed by atoms with Gasteiger partial charge in [0.1, 0.15) is 5.75 Å². The number of methoxy groups -OCH3 is 1. The van der Waals surface area contributed by atoms with Crippen LogP contribution in [-0.4, -0.2) is 35.6 Å². The van der Waals surface area contributed by atoms with Crippen LogP contribution in [0.4, 0.5) is 0 Å². The van der Waals surface area contributed by atoms with Crippen molar-refractivity contribution in [3.63, 3.8) is 0 Å². The number of likely N-dealkylation sites (tertiary alicyclic amines) is 1. The van der Waals surface area contributed by atoms with Crippen molar-refractivity contribution in [3.05, 3.63) is 64.7 Å². The van der Waals surface area contributed by atoms with Gasteiger partial charge in [-0.1, -0.05) is 18.2 Å². The lowest BCUT2D eigenvalue weighted by Gasteiger charge is -2.16. The number of nitrogens with zero attached hydrogens (tertiary/aromatic N) is 2. The van der Waals surface area contributed by atoms with Crippen LogP contribution in [0.3, 0.4) is 0 Å². The molecule has 5 nitrogen and oxygen atoms in total. The first kappa shape index (κ1) is 19.2. The highest BCUT2D eigenvalue weighted by molar-refractivity contribution is 7.21. The fraction of sp³-hybridized carbons (Fsp3) is 0.292. The molecule has 0 radical (unpaired) electrons. The normalized spacial score (nSPS) is 17.2. The highest BCUT2D eigenvalue weighted by Gasteiger charge is 2.30. The SMILES string of the molecule is COc1ccc2c(CN3CC[C@H](c4c(C(N)=O)sc5ccccc45)C3)cn(C)c2c1. The van der Waals surface area contributed by atoms with Crippen molar-refractivity contribution in [1.82, 2.24) is 9.47 Å². The molecule has 2 aromatic carbocycles. The summed E-state index contributed by atoms with van der Waals surface area (Å²) in [6, 6.07) is 14.5. The number of thiophene rings is 1. The second-order valence-corrected chi connectivity index (χ2v) is 9.13. The van der Waals surface area contributed by atoms with E-state index in [9.17, 15) is 4.79 Å². The molecule has 1 amide bonds. The van der Waals surface area contributed by atoms with Gasteiger partial charge < -0.3 is 15.0 Å². The summed E-state index contributed by atoms with van der Waals surface area (Å²) in [6.45, 7) is 2.85. The Morgan fingerprint density at radius 3 is 2.87 bits per heavy atom. The number of aromatic nitrogens is 1. The fourth-order valence-electron chi connectivity index (χ4n) is 4.81. The van der Waals surface area contributed by atoms with E-state index in [1.807, 2.05) is 18.2 Å². The minimum atomic E-state index is -0.312. The molecule has 1 aliphatic rings. The molecule has 0 spiro atoms. The van der Waals surface area contributed by atoms with Crippen LogP contribution in [0.25, 0.3) is 21.0 Å². The van der Waals surface area contributed by atoms with Gasteiger partial charge in [-0.3, -0.25) is 9.69 Å². The molecule has 0 unspecified atom stereocenters. The average Bonchev–Trinajstić information content (AvgIpc) is 3.44. The molecule has 2 N–H and O–H groups in total. The van der Waals surface area contributed by atoms with E-state index in [2.05, 4.69) is 47.0 Å². The molecule has 1 atom stereocenters. The summed E-state index contributed by atoms with van der Waals surface area (Å²) in [7, 11) is 3.78. The van der Waals surface area contributed by atoms with Crippen LogP contribution in [0.2, 0.25) is 0 Å². The lowest BCUT2D eigenvalue weighted by molar-refractivity contribution is 0.100. The Kier molecular flexibility index (Phi) is 4.76. The Hall–Kier alpha value is -2.83. The maximum absolute atomic E-state index is 12.1. The number of carbonyl (C=O) groups excluding carboxylic acids is 1. The summed E-state index contributed by atoms with van der Waals surface area (Å²) in [5.41, 5.74) is 9.39. The number of ether oxygens (including phenoxy) is 1. The van der Waals surface area contributed by atoms with Crippen LogP contribution in [0, 0.1) is 0 Å². The molecular formula is C24H25N3O2S. The molecule has 30 heavy (non-hydrogen) atoms. The molecule has 3 heterocycles. The maximum Gasteiger partial charge on any atom is 0.259 e. The second-order valence-electron chi connectivity index (χ2n) is 8.07. The zero-order chi connectivity index (χ0) is 20.8. The van der Waals surface area contributed by atoms with Crippen molar-refractivity contribution < 1.29 is 9.53 Å². The van der Waals surface area contributed by atoms with Crippen molar-refractivity contribution >= 4 is 38.2 Å².